The molecule has 1 aromatic carbocycles. The summed E-state index contributed by atoms with van der Waals surface area (Å²) >= 11 is 0. The molecule has 16 heavy (non-hydrogen) atoms. The van der Waals surface area contributed by atoms with Crippen molar-refractivity contribution in [2.45, 2.75) is 6.61 Å². The number of rotatable bonds is 4. The highest BCUT2D eigenvalue weighted by Crippen LogP contribution is 2.14. The van der Waals surface area contributed by atoms with Crippen LogP contribution in [0, 0.1) is 0 Å². The highest BCUT2D eigenvalue weighted by Gasteiger charge is 2.05. The van der Waals surface area contributed by atoms with E-state index in [2.05, 4.69) is 10.1 Å². The molecule has 0 aliphatic rings. The molecular formula is C10H8N2O4. The number of carbonyl (C=O) groups is 1. The Balaban J connectivity index is 2.04. The van der Waals surface area contributed by atoms with E-state index in [0.717, 1.165) is 0 Å². The van der Waals surface area contributed by atoms with Crippen LogP contribution in [-0.2, 0) is 6.61 Å². The summed E-state index contributed by atoms with van der Waals surface area (Å²) < 4.78 is 10.0. The van der Waals surface area contributed by atoms with Crippen LogP contribution >= 0.6 is 0 Å². The Morgan fingerprint density at radius 3 is 3.06 bits per heavy atom. The van der Waals surface area contributed by atoms with Gasteiger partial charge >= 0.3 is 5.97 Å². The molecule has 0 bridgehead atoms. The van der Waals surface area contributed by atoms with Crippen LogP contribution in [0.1, 0.15) is 16.2 Å². The van der Waals surface area contributed by atoms with E-state index in [9.17, 15) is 4.79 Å². The average molecular weight is 220 g/mol. The Morgan fingerprint density at radius 2 is 2.38 bits per heavy atom. The van der Waals surface area contributed by atoms with Crippen LogP contribution in [-0.4, -0.2) is 21.2 Å². The molecule has 0 spiro atoms. The van der Waals surface area contributed by atoms with Crippen molar-refractivity contribution in [2.75, 3.05) is 0 Å². The fraction of sp³-hybridized carbons (Fsp3) is 0.100. The molecular weight excluding hydrogens is 212 g/mol. The number of hydrogen-bond donors (Lipinski definition) is 1. The average Bonchev–Trinajstić information content (AvgIpc) is 2.79. The van der Waals surface area contributed by atoms with Crippen molar-refractivity contribution in [2.24, 2.45) is 0 Å². The topological polar surface area (TPSA) is 85.5 Å². The van der Waals surface area contributed by atoms with Gasteiger partial charge in [0, 0.05) is 0 Å². The fourth-order valence-electron chi connectivity index (χ4n) is 1.12. The number of aromatic nitrogens is 2. The molecule has 0 aliphatic heterocycles. The smallest absolute Gasteiger partial charge is 0.335 e. The zero-order chi connectivity index (χ0) is 11.4. The van der Waals surface area contributed by atoms with E-state index < -0.39 is 5.97 Å². The number of carboxylic acid groups (broad SMARTS) is 1. The van der Waals surface area contributed by atoms with Crippen molar-refractivity contribution in [3.63, 3.8) is 0 Å². The van der Waals surface area contributed by atoms with Crippen LogP contribution in [0.15, 0.2) is 35.1 Å². The van der Waals surface area contributed by atoms with Gasteiger partial charge in [0.25, 0.3) is 5.89 Å². The quantitative estimate of drug-likeness (QED) is 0.836. The standard InChI is InChI=1S/C10H8N2O4/c13-10(14)7-2-1-3-8(4-7)15-5-9-11-6-12-16-9/h1-4,6H,5H2,(H,13,14). The van der Waals surface area contributed by atoms with E-state index in [1.54, 1.807) is 12.1 Å². The second-order valence-corrected chi connectivity index (χ2v) is 2.96. The lowest BCUT2D eigenvalue weighted by atomic mass is 10.2. The highest BCUT2D eigenvalue weighted by molar-refractivity contribution is 5.87. The molecule has 0 unspecified atom stereocenters. The maximum absolute atomic E-state index is 10.7. The van der Waals surface area contributed by atoms with Crippen molar-refractivity contribution in [3.8, 4) is 5.75 Å². The van der Waals surface area contributed by atoms with Crippen molar-refractivity contribution in [1.82, 2.24) is 10.1 Å². The third kappa shape index (κ3) is 2.35. The zero-order valence-electron chi connectivity index (χ0n) is 8.16. The first kappa shape index (κ1) is 10.2. The minimum absolute atomic E-state index is 0.114. The summed E-state index contributed by atoms with van der Waals surface area (Å²) in [4.78, 5) is 14.5. The fourth-order valence-corrected chi connectivity index (χ4v) is 1.12. The van der Waals surface area contributed by atoms with E-state index in [0.29, 0.717) is 11.6 Å². The number of ether oxygens (including phenoxy) is 1. The largest absolute Gasteiger partial charge is 0.484 e. The first-order chi connectivity index (χ1) is 7.75. The van der Waals surface area contributed by atoms with Gasteiger partial charge in [0.2, 0.25) is 0 Å². The van der Waals surface area contributed by atoms with E-state index in [4.69, 9.17) is 14.4 Å². The van der Waals surface area contributed by atoms with Gasteiger partial charge in [-0.05, 0) is 18.2 Å². The highest BCUT2D eigenvalue weighted by atomic mass is 16.5. The van der Waals surface area contributed by atoms with Gasteiger partial charge in [-0.15, -0.1) is 0 Å². The van der Waals surface area contributed by atoms with Crippen molar-refractivity contribution in [1.29, 1.82) is 0 Å². The predicted octanol–water partition coefficient (Wildman–Crippen LogP) is 1.35. The first-order valence-corrected chi connectivity index (χ1v) is 4.47. The molecule has 1 aromatic heterocycles. The predicted molar refractivity (Wildman–Crippen MR) is 52.0 cm³/mol. The number of aromatic carboxylic acids is 1. The van der Waals surface area contributed by atoms with Gasteiger partial charge in [0.15, 0.2) is 12.9 Å². The third-order valence-electron chi connectivity index (χ3n) is 1.85. The molecule has 2 aromatic rings. The molecule has 6 nitrogen and oxygen atoms in total. The molecule has 0 amide bonds. The number of nitrogens with zero attached hydrogens (tertiary/aromatic N) is 2. The summed E-state index contributed by atoms with van der Waals surface area (Å²) in [5.41, 5.74) is 0.169. The summed E-state index contributed by atoms with van der Waals surface area (Å²) in [7, 11) is 0. The normalized spacial score (nSPS) is 10.0. The Morgan fingerprint density at radius 1 is 1.50 bits per heavy atom. The maximum atomic E-state index is 10.7. The molecule has 6 heteroatoms. The van der Waals surface area contributed by atoms with Gasteiger partial charge in [-0.3, -0.25) is 0 Å². The van der Waals surface area contributed by atoms with Crippen LogP contribution in [0.25, 0.3) is 0 Å². The Kier molecular flexibility index (Phi) is 2.81. The summed E-state index contributed by atoms with van der Waals surface area (Å²) in [5.74, 6) is -0.220. The minimum Gasteiger partial charge on any atom is -0.484 e. The van der Waals surface area contributed by atoms with E-state index in [-0.39, 0.29) is 12.2 Å². The molecule has 0 saturated heterocycles. The molecule has 1 heterocycles. The molecule has 82 valence electrons. The summed E-state index contributed by atoms with van der Waals surface area (Å²) in [6, 6.07) is 6.18. The number of benzene rings is 1. The molecule has 0 atom stereocenters. The number of hydrogen-bond acceptors (Lipinski definition) is 5. The molecule has 0 fully saturated rings. The van der Waals surface area contributed by atoms with E-state index in [1.807, 2.05) is 0 Å². The third-order valence-corrected chi connectivity index (χ3v) is 1.85. The van der Waals surface area contributed by atoms with Gasteiger partial charge in [-0.1, -0.05) is 11.2 Å². The zero-order valence-corrected chi connectivity index (χ0v) is 8.16. The van der Waals surface area contributed by atoms with Crippen LogP contribution < -0.4 is 4.74 Å². The molecule has 0 radical (unpaired) electrons. The lowest BCUT2D eigenvalue weighted by molar-refractivity contribution is 0.0696. The lowest BCUT2D eigenvalue weighted by Crippen LogP contribution is -1.99. The van der Waals surface area contributed by atoms with E-state index >= 15 is 0 Å². The summed E-state index contributed by atoms with van der Waals surface area (Å²) in [6.45, 7) is 0.114. The second kappa shape index (κ2) is 4.43. The van der Waals surface area contributed by atoms with Gasteiger partial charge in [0.05, 0.1) is 5.56 Å². The SMILES string of the molecule is O=C(O)c1cccc(OCc2ncno2)c1. The van der Waals surface area contributed by atoms with Gasteiger partial charge in [0.1, 0.15) is 5.75 Å². The van der Waals surface area contributed by atoms with Gasteiger partial charge in [-0.25, -0.2) is 4.79 Å². The summed E-state index contributed by atoms with van der Waals surface area (Å²) in [6.07, 6.45) is 1.27. The van der Waals surface area contributed by atoms with Gasteiger partial charge in [-0.2, -0.15) is 4.98 Å². The van der Waals surface area contributed by atoms with Crippen LogP contribution in [0.5, 0.6) is 5.75 Å². The number of carboxylic acids is 1. The van der Waals surface area contributed by atoms with Crippen LogP contribution in [0.4, 0.5) is 0 Å². The monoisotopic (exact) mass is 220 g/mol. The van der Waals surface area contributed by atoms with Crippen LogP contribution in [0.2, 0.25) is 0 Å². The first-order valence-electron chi connectivity index (χ1n) is 4.47. The van der Waals surface area contributed by atoms with Gasteiger partial charge < -0.3 is 14.4 Å². The molecule has 1 N–H and O–H groups in total. The second-order valence-electron chi connectivity index (χ2n) is 2.96. The molecule has 0 aliphatic carbocycles. The lowest BCUT2D eigenvalue weighted by Gasteiger charge is -2.03. The molecule has 0 saturated carbocycles. The van der Waals surface area contributed by atoms with Crippen molar-refractivity contribution in [3.05, 3.63) is 42.0 Å². The Hall–Kier alpha value is -2.37. The Bertz CT molecular complexity index is 481. The van der Waals surface area contributed by atoms with E-state index in [1.165, 1.54) is 18.5 Å². The summed E-state index contributed by atoms with van der Waals surface area (Å²) in [5, 5.41) is 12.2. The van der Waals surface area contributed by atoms with Crippen molar-refractivity contribution >= 4 is 5.97 Å². The maximum Gasteiger partial charge on any atom is 0.335 e. The minimum atomic E-state index is -0.997. The van der Waals surface area contributed by atoms with Crippen LogP contribution in [0.3, 0.4) is 0 Å². The Labute approximate surface area is 90.5 Å². The van der Waals surface area contributed by atoms with Crippen molar-refractivity contribution < 1.29 is 19.2 Å². The molecule has 2 rings (SSSR count).